The van der Waals surface area contributed by atoms with E-state index in [1.54, 1.807) is 44.2 Å². The average molecular weight is 470 g/mol. The molecule has 2 aromatic carbocycles. The summed E-state index contributed by atoms with van der Waals surface area (Å²) >= 11 is 6.33. The number of benzene rings is 2. The van der Waals surface area contributed by atoms with Crippen LogP contribution in [0.1, 0.15) is 33.4 Å². The predicted octanol–water partition coefficient (Wildman–Crippen LogP) is 4.57. The lowest BCUT2D eigenvalue weighted by atomic mass is 10.0. The zero-order valence-electron chi connectivity index (χ0n) is 18.4. The molecular formula is C24H24ClN3O5. The fourth-order valence-corrected chi connectivity index (χ4v) is 3.94. The van der Waals surface area contributed by atoms with E-state index in [1.165, 1.54) is 0 Å². The topological polar surface area (TPSA) is 93.9 Å². The molecule has 0 radical (unpaired) electrons. The molecule has 1 amide bonds. The van der Waals surface area contributed by atoms with Crippen LogP contribution in [0.25, 0.3) is 11.3 Å². The number of morpholine rings is 1. The van der Waals surface area contributed by atoms with Crippen LogP contribution in [0.2, 0.25) is 5.02 Å². The van der Waals surface area contributed by atoms with Gasteiger partial charge in [-0.1, -0.05) is 35.0 Å². The first-order chi connectivity index (χ1) is 16.0. The highest BCUT2D eigenvalue weighted by molar-refractivity contribution is 6.33. The van der Waals surface area contributed by atoms with Gasteiger partial charge < -0.3 is 24.2 Å². The molecule has 1 saturated heterocycles. The third kappa shape index (κ3) is 4.86. The number of nitrogens with one attached hydrogen (secondary N) is 1. The third-order valence-corrected chi connectivity index (χ3v) is 5.66. The third-order valence-electron chi connectivity index (χ3n) is 5.33. The highest BCUT2D eigenvalue weighted by Gasteiger charge is 2.25. The lowest BCUT2D eigenvalue weighted by Gasteiger charge is -2.30. The number of aromatic nitrogens is 1. The van der Waals surface area contributed by atoms with Crippen LogP contribution in [0.3, 0.4) is 0 Å². The van der Waals surface area contributed by atoms with Crippen molar-refractivity contribution >= 4 is 34.9 Å². The van der Waals surface area contributed by atoms with Crippen LogP contribution in [0.4, 0.5) is 11.4 Å². The summed E-state index contributed by atoms with van der Waals surface area (Å²) in [7, 11) is 0. The number of nitrogens with zero attached hydrogens (tertiary/aromatic N) is 2. The van der Waals surface area contributed by atoms with E-state index in [4.69, 9.17) is 25.6 Å². The number of hydrogen-bond donors (Lipinski definition) is 1. The van der Waals surface area contributed by atoms with Crippen molar-refractivity contribution in [3.63, 3.8) is 0 Å². The SMILES string of the molecule is CCOC(=O)c1ccc(N2CCOCC2)c(NC(=O)c2c(-c3ccccc3Cl)noc2C)c1. The molecule has 0 saturated carbocycles. The van der Waals surface area contributed by atoms with Gasteiger partial charge in [0.25, 0.3) is 5.91 Å². The Morgan fingerprint density at radius 3 is 2.67 bits per heavy atom. The lowest BCUT2D eigenvalue weighted by molar-refractivity contribution is 0.0526. The molecule has 1 N–H and O–H groups in total. The van der Waals surface area contributed by atoms with Crippen LogP contribution in [0.15, 0.2) is 47.0 Å². The van der Waals surface area contributed by atoms with Gasteiger partial charge in [0, 0.05) is 18.7 Å². The molecular weight excluding hydrogens is 446 g/mol. The van der Waals surface area contributed by atoms with Gasteiger partial charge in [0.05, 0.1) is 41.8 Å². The molecule has 0 atom stereocenters. The molecule has 1 aliphatic heterocycles. The van der Waals surface area contributed by atoms with Crippen molar-refractivity contribution < 1.29 is 23.6 Å². The van der Waals surface area contributed by atoms with Crippen molar-refractivity contribution in [2.24, 2.45) is 0 Å². The van der Waals surface area contributed by atoms with Gasteiger partial charge in [0.2, 0.25) is 0 Å². The molecule has 9 heteroatoms. The fraction of sp³-hybridized carbons (Fsp3) is 0.292. The Morgan fingerprint density at radius 1 is 1.18 bits per heavy atom. The van der Waals surface area contributed by atoms with Crippen molar-refractivity contribution in [2.45, 2.75) is 13.8 Å². The predicted molar refractivity (Wildman–Crippen MR) is 125 cm³/mol. The van der Waals surface area contributed by atoms with Crippen molar-refractivity contribution in [3.05, 3.63) is 64.4 Å². The molecule has 1 aromatic heterocycles. The molecule has 33 heavy (non-hydrogen) atoms. The quantitative estimate of drug-likeness (QED) is 0.528. The number of halogens is 1. The zero-order chi connectivity index (χ0) is 23.4. The summed E-state index contributed by atoms with van der Waals surface area (Å²) < 4.78 is 15.9. The largest absolute Gasteiger partial charge is 0.462 e. The number of rotatable bonds is 6. The number of amides is 1. The molecule has 3 aromatic rings. The number of carbonyl (C=O) groups excluding carboxylic acids is 2. The van der Waals surface area contributed by atoms with Crippen molar-refractivity contribution in [1.82, 2.24) is 5.16 Å². The lowest BCUT2D eigenvalue weighted by Crippen LogP contribution is -2.36. The van der Waals surface area contributed by atoms with E-state index < -0.39 is 11.9 Å². The fourth-order valence-electron chi connectivity index (χ4n) is 3.72. The highest BCUT2D eigenvalue weighted by Crippen LogP contribution is 2.33. The summed E-state index contributed by atoms with van der Waals surface area (Å²) in [5, 5.41) is 7.47. The first kappa shape index (κ1) is 22.8. The molecule has 0 spiro atoms. The molecule has 0 bridgehead atoms. The molecule has 2 heterocycles. The molecule has 0 aliphatic carbocycles. The Kier molecular flexibility index (Phi) is 6.96. The summed E-state index contributed by atoms with van der Waals surface area (Å²) in [6.45, 7) is 6.15. The summed E-state index contributed by atoms with van der Waals surface area (Å²) in [6, 6.07) is 12.2. The van der Waals surface area contributed by atoms with E-state index in [0.717, 1.165) is 5.69 Å². The summed E-state index contributed by atoms with van der Waals surface area (Å²) in [6.07, 6.45) is 0. The maximum atomic E-state index is 13.4. The summed E-state index contributed by atoms with van der Waals surface area (Å²) in [5.41, 5.74) is 2.83. The first-order valence-electron chi connectivity index (χ1n) is 10.7. The standard InChI is InChI=1S/C24H24ClN3O5/c1-3-32-24(30)16-8-9-20(28-10-12-31-13-11-28)19(14-16)26-23(29)21-15(2)33-27-22(21)17-6-4-5-7-18(17)25/h4-9,14H,3,10-13H2,1-2H3,(H,26,29). The number of esters is 1. The Hall–Kier alpha value is -3.36. The second-order valence-corrected chi connectivity index (χ2v) is 7.86. The molecule has 4 rings (SSSR count). The van der Waals surface area contributed by atoms with Gasteiger partial charge in [0.1, 0.15) is 17.0 Å². The molecule has 172 valence electrons. The van der Waals surface area contributed by atoms with Crippen molar-refractivity contribution in [2.75, 3.05) is 43.1 Å². The zero-order valence-corrected chi connectivity index (χ0v) is 19.1. The van der Waals surface area contributed by atoms with Gasteiger partial charge in [-0.15, -0.1) is 0 Å². The van der Waals surface area contributed by atoms with E-state index in [9.17, 15) is 9.59 Å². The number of aryl methyl sites for hydroxylation is 1. The van der Waals surface area contributed by atoms with Crippen LogP contribution in [-0.4, -0.2) is 49.9 Å². The van der Waals surface area contributed by atoms with Crippen molar-refractivity contribution in [3.8, 4) is 11.3 Å². The average Bonchev–Trinajstić information content (AvgIpc) is 3.21. The Balaban J connectivity index is 1.71. The Labute approximate surface area is 196 Å². The maximum absolute atomic E-state index is 13.4. The minimum absolute atomic E-state index is 0.257. The minimum atomic E-state index is -0.459. The van der Waals surface area contributed by atoms with E-state index in [0.29, 0.717) is 59.6 Å². The van der Waals surface area contributed by atoms with Gasteiger partial charge in [-0.2, -0.15) is 0 Å². The monoisotopic (exact) mass is 469 g/mol. The molecule has 1 fully saturated rings. The Morgan fingerprint density at radius 2 is 1.94 bits per heavy atom. The van der Waals surface area contributed by atoms with E-state index in [-0.39, 0.29) is 12.2 Å². The van der Waals surface area contributed by atoms with Crippen LogP contribution < -0.4 is 10.2 Å². The van der Waals surface area contributed by atoms with Crippen LogP contribution in [-0.2, 0) is 9.47 Å². The summed E-state index contributed by atoms with van der Waals surface area (Å²) in [5.74, 6) is -0.518. The van der Waals surface area contributed by atoms with Gasteiger partial charge in [-0.25, -0.2) is 4.79 Å². The normalized spacial score (nSPS) is 13.6. The highest BCUT2D eigenvalue weighted by atomic mass is 35.5. The van der Waals surface area contributed by atoms with Crippen LogP contribution in [0, 0.1) is 6.92 Å². The van der Waals surface area contributed by atoms with E-state index in [1.807, 2.05) is 12.1 Å². The minimum Gasteiger partial charge on any atom is -0.462 e. The Bertz CT molecular complexity index is 1170. The van der Waals surface area contributed by atoms with E-state index in [2.05, 4.69) is 15.4 Å². The number of anilines is 2. The first-order valence-corrected chi connectivity index (χ1v) is 11.0. The maximum Gasteiger partial charge on any atom is 0.338 e. The van der Waals surface area contributed by atoms with Crippen LogP contribution >= 0.6 is 11.6 Å². The number of ether oxygens (including phenoxy) is 2. The smallest absolute Gasteiger partial charge is 0.338 e. The number of hydrogen-bond acceptors (Lipinski definition) is 7. The van der Waals surface area contributed by atoms with Crippen LogP contribution in [0.5, 0.6) is 0 Å². The second-order valence-electron chi connectivity index (χ2n) is 7.45. The number of carbonyl (C=O) groups is 2. The van der Waals surface area contributed by atoms with Gasteiger partial charge in [0.15, 0.2) is 0 Å². The molecule has 8 nitrogen and oxygen atoms in total. The second kappa shape index (κ2) is 10.1. The van der Waals surface area contributed by atoms with E-state index >= 15 is 0 Å². The summed E-state index contributed by atoms with van der Waals surface area (Å²) in [4.78, 5) is 27.9. The van der Waals surface area contributed by atoms with Crippen molar-refractivity contribution in [1.29, 1.82) is 0 Å². The van der Waals surface area contributed by atoms with Gasteiger partial charge >= 0.3 is 5.97 Å². The molecule has 0 unspecified atom stereocenters. The van der Waals surface area contributed by atoms with Gasteiger partial charge in [-0.3, -0.25) is 4.79 Å². The van der Waals surface area contributed by atoms with Gasteiger partial charge in [-0.05, 0) is 38.1 Å². The molecule has 1 aliphatic rings.